The first-order valence-electron chi connectivity index (χ1n) is 6.05. The van der Waals surface area contributed by atoms with Crippen LogP contribution in [0, 0.1) is 5.41 Å². The second-order valence-electron chi connectivity index (χ2n) is 5.51. The maximum absolute atomic E-state index is 12.2. The Balaban J connectivity index is 2.97. The summed E-state index contributed by atoms with van der Waals surface area (Å²) < 4.78 is 27.1. The van der Waals surface area contributed by atoms with Gasteiger partial charge >= 0.3 is 0 Å². The molecule has 0 fully saturated rings. The van der Waals surface area contributed by atoms with Crippen molar-refractivity contribution in [3.63, 3.8) is 0 Å². The van der Waals surface area contributed by atoms with Crippen LogP contribution in [0.1, 0.15) is 27.2 Å². The molecule has 0 bridgehead atoms. The third kappa shape index (κ3) is 4.76. The summed E-state index contributed by atoms with van der Waals surface area (Å²) >= 11 is 5.74. The van der Waals surface area contributed by atoms with Crippen molar-refractivity contribution in [1.29, 1.82) is 0 Å². The number of nitrogens with one attached hydrogen (secondary N) is 1. The summed E-state index contributed by atoms with van der Waals surface area (Å²) in [5, 5.41) is 9.54. The van der Waals surface area contributed by atoms with Gasteiger partial charge in [0.15, 0.2) is 0 Å². The minimum atomic E-state index is -3.60. The van der Waals surface area contributed by atoms with Crippen LogP contribution in [0.15, 0.2) is 29.2 Å². The molecule has 2 N–H and O–H groups in total. The molecular formula is C13H20ClNO3S. The molecule has 1 aromatic carbocycles. The van der Waals surface area contributed by atoms with Crippen molar-refractivity contribution >= 4 is 21.6 Å². The summed E-state index contributed by atoms with van der Waals surface area (Å²) in [6.45, 7) is 5.72. The lowest BCUT2D eigenvalue weighted by Crippen LogP contribution is -2.44. The molecule has 19 heavy (non-hydrogen) atoms. The lowest BCUT2D eigenvalue weighted by Gasteiger charge is -2.30. The number of rotatable bonds is 5. The fourth-order valence-electron chi connectivity index (χ4n) is 1.67. The molecule has 0 aromatic heterocycles. The number of aliphatic hydroxyl groups excluding tert-OH is 1. The molecule has 0 aliphatic rings. The van der Waals surface area contributed by atoms with E-state index in [1.807, 2.05) is 20.8 Å². The van der Waals surface area contributed by atoms with Gasteiger partial charge in [-0.05, 0) is 36.1 Å². The van der Waals surface area contributed by atoms with Crippen LogP contribution < -0.4 is 4.72 Å². The number of aliphatic hydroxyl groups is 1. The van der Waals surface area contributed by atoms with E-state index in [-0.39, 0.29) is 23.0 Å². The number of benzene rings is 1. The predicted molar refractivity (Wildman–Crippen MR) is 76.7 cm³/mol. The van der Waals surface area contributed by atoms with Crippen molar-refractivity contribution in [2.24, 2.45) is 5.41 Å². The molecule has 0 radical (unpaired) electrons. The maximum Gasteiger partial charge on any atom is 0.240 e. The minimum absolute atomic E-state index is 0.0644. The van der Waals surface area contributed by atoms with Gasteiger partial charge < -0.3 is 5.11 Å². The third-order valence-electron chi connectivity index (χ3n) is 2.88. The van der Waals surface area contributed by atoms with Crippen LogP contribution in [0.4, 0.5) is 0 Å². The molecule has 0 saturated carbocycles. The second-order valence-corrected chi connectivity index (χ2v) is 7.66. The smallest absolute Gasteiger partial charge is 0.240 e. The fraction of sp³-hybridized carbons (Fsp3) is 0.538. The van der Waals surface area contributed by atoms with Crippen LogP contribution in [0.2, 0.25) is 5.02 Å². The Morgan fingerprint density at radius 2 is 1.79 bits per heavy atom. The topological polar surface area (TPSA) is 66.4 Å². The molecule has 1 aromatic rings. The summed E-state index contributed by atoms with van der Waals surface area (Å²) in [6, 6.07) is 5.66. The first kappa shape index (κ1) is 16.4. The van der Waals surface area contributed by atoms with Gasteiger partial charge in [0.25, 0.3) is 0 Å². The molecule has 0 aliphatic carbocycles. The highest BCUT2D eigenvalue weighted by Gasteiger charge is 2.29. The van der Waals surface area contributed by atoms with E-state index in [0.29, 0.717) is 11.4 Å². The molecule has 0 spiro atoms. The van der Waals surface area contributed by atoms with Crippen molar-refractivity contribution in [1.82, 2.24) is 4.72 Å². The zero-order valence-corrected chi connectivity index (χ0v) is 12.9. The SMILES string of the molecule is CC(C)(C)C(CCO)NS(=O)(=O)c1ccc(Cl)cc1. The normalized spacial score (nSPS) is 14.4. The standard InChI is InChI=1S/C13H20ClNO3S/c1-13(2,3)12(8-9-16)15-19(17,18)11-6-4-10(14)5-7-11/h4-7,12,15-16H,8-9H2,1-3H3. The Labute approximate surface area is 119 Å². The van der Waals surface area contributed by atoms with Crippen molar-refractivity contribution in [3.8, 4) is 0 Å². The van der Waals surface area contributed by atoms with Gasteiger partial charge in [-0.25, -0.2) is 13.1 Å². The summed E-state index contributed by atoms with van der Waals surface area (Å²) in [7, 11) is -3.60. The quantitative estimate of drug-likeness (QED) is 0.878. The molecule has 4 nitrogen and oxygen atoms in total. The predicted octanol–water partition coefficient (Wildman–Crippen LogP) is 2.42. The van der Waals surface area contributed by atoms with Crippen molar-refractivity contribution in [2.75, 3.05) is 6.61 Å². The van der Waals surface area contributed by atoms with Gasteiger partial charge in [0.05, 0.1) is 4.90 Å². The fourth-order valence-corrected chi connectivity index (χ4v) is 3.27. The Morgan fingerprint density at radius 1 is 1.26 bits per heavy atom. The Morgan fingerprint density at radius 3 is 2.21 bits per heavy atom. The van der Waals surface area contributed by atoms with Crippen LogP contribution in [0.5, 0.6) is 0 Å². The minimum Gasteiger partial charge on any atom is -0.396 e. The van der Waals surface area contributed by atoms with Crippen molar-refractivity contribution in [2.45, 2.75) is 38.1 Å². The van der Waals surface area contributed by atoms with Crippen LogP contribution in [-0.2, 0) is 10.0 Å². The second kappa shape index (κ2) is 6.22. The van der Waals surface area contributed by atoms with Gasteiger partial charge in [-0.1, -0.05) is 32.4 Å². The average molecular weight is 306 g/mol. The van der Waals surface area contributed by atoms with Crippen LogP contribution in [0.3, 0.4) is 0 Å². The molecule has 1 rings (SSSR count). The average Bonchev–Trinajstić information content (AvgIpc) is 2.27. The van der Waals surface area contributed by atoms with E-state index in [2.05, 4.69) is 4.72 Å². The Kier molecular flexibility index (Phi) is 5.38. The van der Waals surface area contributed by atoms with Gasteiger partial charge in [-0.15, -0.1) is 0 Å². The molecule has 0 saturated heterocycles. The highest BCUT2D eigenvalue weighted by molar-refractivity contribution is 7.89. The van der Waals surface area contributed by atoms with Gasteiger partial charge in [0.2, 0.25) is 10.0 Å². The van der Waals surface area contributed by atoms with E-state index in [4.69, 9.17) is 16.7 Å². The van der Waals surface area contributed by atoms with Crippen LogP contribution >= 0.6 is 11.6 Å². The molecule has 1 atom stereocenters. The monoisotopic (exact) mass is 305 g/mol. The zero-order chi connectivity index (χ0) is 14.7. The summed E-state index contributed by atoms with van der Waals surface area (Å²) in [6.07, 6.45) is 0.371. The van der Waals surface area contributed by atoms with Gasteiger partial charge in [0.1, 0.15) is 0 Å². The van der Waals surface area contributed by atoms with E-state index in [0.717, 1.165) is 0 Å². The summed E-state index contributed by atoms with van der Waals surface area (Å²) in [5.74, 6) is 0. The van der Waals surface area contributed by atoms with E-state index < -0.39 is 10.0 Å². The van der Waals surface area contributed by atoms with Gasteiger partial charge in [-0.3, -0.25) is 0 Å². The van der Waals surface area contributed by atoms with Gasteiger partial charge in [-0.2, -0.15) is 0 Å². The van der Waals surface area contributed by atoms with Crippen LogP contribution in [0.25, 0.3) is 0 Å². The molecule has 0 amide bonds. The lowest BCUT2D eigenvalue weighted by molar-refractivity contribution is 0.214. The number of halogens is 1. The van der Waals surface area contributed by atoms with E-state index in [1.165, 1.54) is 24.3 Å². The van der Waals surface area contributed by atoms with Crippen molar-refractivity contribution in [3.05, 3.63) is 29.3 Å². The number of hydrogen-bond donors (Lipinski definition) is 2. The molecule has 1 unspecified atom stereocenters. The Bertz CT molecular complexity index is 506. The summed E-state index contributed by atoms with van der Waals surface area (Å²) in [5.41, 5.74) is -0.276. The molecule has 6 heteroatoms. The summed E-state index contributed by atoms with van der Waals surface area (Å²) in [4.78, 5) is 0.170. The number of sulfonamides is 1. The Hall–Kier alpha value is -0.620. The third-order valence-corrected chi connectivity index (χ3v) is 4.62. The first-order valence-corrected chi connectivity index (χ1v) is 7.91. The maximum atomic E-state index is 12.2. The molecular weight excluding hydrogens is 286 g/mol. The van der Waals surface area contributed by atoms with E-state index in [9.17, 15) is 8.42 Å². The van der Waals surface area contributed by atoms with Gasteiger partial charge in [0, 0.05) is 17.7 Å². The molecule has 0 aliphatic heterocycles. The zero-order valence-electron chi connectivity index (χ0n) is 11.4. The first-order chi connectivity index (χ1) is 8.66. The largest absolute Gasteiger partial charge is 0.396 e. The number of hydrogen-bond acceptors (Lipinski definition) is 3. The lowest BCUT2D eigenvalue weighted by atomic mass is 9.86. The van der Waals surface area contributed by atoms with Crippen LogP contribution in [-0.4, -0.2) is 26.2 Å². The molecule has 0 heterocycles. The van der Waals surface area contributed by atoms with Crippen molar-refractivity contribution < 1.29 is 13.5 Å². The van der Waals surface area contributed by atoms with E-state index in [1.54, 1.807) is 0 Å². The molecule has 108 valence electrons. The highest BCUT2D eigenvalue weighted by Crippen LogP contribution is 2.24. The highest BCUT2D eigenvalue weighted by atomic mass is 35.5. The van der Waals surface area contributed by atoms with E-state index >= 15 is 0 Å².